The van der Waals surface area contributed by atoms with Crippen LogP contribution in [0.4, 0.5) is 4.39 Å². The van der Waals surface area contributed by atoms with Crippen LogP contribution < -0.4 is 10.1 Å². The van der Waals surface area contributed by atoms with E-state index in [9.17, 15) is 9.18 Å². The first-order valence-corrected chi connectivity index (χ1v) is 10.9. The predicted octanol–water partition coefficient (Wildman–Crippen LogP) is 5.67. The van der Waals surface area contributed by atoms with Gasteiger partial charge in [-0.05, 0) is 49.6 Å². The van der Waals surface area contributed by atoms with Crippen LogP contribution in [0.1, 0.15) is 28.8 Å². The van der Waals surface area contributed by atoms with Crippen LogP contribution in [0.3, 0.4) is 0 Å². The van der Waals surface area contributed by atoms with Gasteiger partial charge in [0.1, 0.15) is 11.6 Å². The van der Waals surface area contributed by atoms with Crippen molar-refractivity contribution in [3.8, 4) is 17.3 Å². The average Bonchev–Trinajstić information content (AvgIpc) is 3.12. The number of aromatic nitrogens is 2. The van der Waals surface area contributed by atoms with E-state index in [0.29, 0.717) is 24.6 Å². The molecular weight excluding hydrogens is 417 g/mol. The van der Waals surface area contributed by atoms with E-state index in [0.717, 1.165) is 28.1 Å². The largest absolute Gasteiger partial charge is 0.439 e. The highest BCUT2D eigenvalue weighted by Crippen LogP contribution is 2.32. The van der Waals surface area contributed by atoms with E-state index >= 15 is 0 Å². The lowest BCUT2D eigenvalue weighted by Crippen LogP contribution is -2.23. The van der Waals surface area contributed by atoms with Gasteiger partial charge in [0.25, 0.3) is 0 Å². The van der Waals surface area contributed by atoms with Crippen LogP contribution in [0.5, 0.6) is 11.6 Å². The highest BCUT2D eigenvalue weighted by Gasteiger charge is 2.20. The first-order chi connectivity index (χ1) is 16.0. The summed E-state index contributed by atoms with van der Waals surface area (Å²) >= 11 is 0. The summed E-state index contributed by atoms with van der Waals surface area (Å²) in [6, 6.07) is 23.6. The number of benzene rings is 3. The first kappa shape index (κ1) is 22.3. The molecule has 0 radical (unpaired) electrons. The Balaban J connectivity index is 1.58. The molecule has 1 heterocycles. The third-order valence-electron chi connectivity index (χ3n) is 5.43. The van der Waals surface area contributed by atoms with Gasteiger partial charge >= 0.3 is 0 Å². The monoisotopic (exact) mass is 443 g/mol. The van der Waals surface area contributed by atoms with Crippen molar-refractivity contribution in [3.63, 3.8) is 0 Å². The molecule has 0 fully saturated rings. The molecule has 5 nitrogen and oxygen atoms in total. The molecule has 1 N–H and O–H groups in total. The SMILES string of the molecule is Cc1ccccc1-n1nc(C)c(CCC(=O)NCc2ccccc2)c1Oc1cccc(F)c1. The van der Waals surface area contributed by atoms with Crippen molar-refractivity contribution < 1.29 is 13.9 Å². The summed E-state index contributed by atoms with van der Waals surface area (Å²) < 4.78 is 21.7. The van der Waals surface area contributed by atoms with Crippen molar-refractivity contribution in [3.05, 3.63) is 107 Å². The number of nitrogens with one attached hydrogen (secondary N) is 1. The van der Waals surface area contributed by atoms with Gasteiger partial charge in [0.05, 0.1) is 11.4 Å². The summed E-state index contributed by atoms with van der Waals surface area (Å²) in [5, 5.41) is 7.65. The second-order valence-corrected chi connectivity index (χ2v) is 7.89. The van der Waals surface area contributed by atoms with Crippen molar-refractivity contribution >= 4 is 5.91 Å². The number of amides is 1. The maximum absolute atomic E-state index is 13.8. The van der Waals surface area contributed by atoms with Crippen molar-refractivity contribution in [1.82, 2.24) is 15.1 Å². The van der Waals surface area contributed by atoms with Crippen LogP contribution in [0.2, 0.25) is 0 Å². The molecular formula is C27H26FN3O2. The molecule has 0 saturated heterocycles. The zero-order valence-corrected chi connectivity index (χ0v) is 18.7. The summed E-state index contributed by atoms with van der Waals surface area (Å²) in [5.74, 6) is 0.425. The quantitative estimate of drug-likeness (QED) is 0.382. The zero-order chi connectivity index (χ0) is 23.2. The van der Waals surface area contributed by atoms with Crippen molar-refractivity contribution in [2.75, 3.05) is 0 Å². The topological polar surface area (TPSA) is 56.2 Å². The van der Waals surface area contributed by atoms with E-state index in [1.807, 2.05) is 68.4 Å². The minimum absolute atomic E-state index is 0.0569. The van der Waals surface area contributed by atoms with Gasteiger partial charge < -0.3 is 10.1 Å². The number of hydrogen-bond donors (Lipinski definition) is 1. The van der Waals surface area contributed by atoms with Crippen LogP contribution in [0.15, 0.2) is 78.9 Å². The molecule has 4 rings (SSSR count). The molecule has 0 unspecified atom stereocenters. The van der Waals surface area contributed by atoms with Crippen LogP contribution in [-0.4, -0.2) is 15.7 Å². The van der Waals surface area contributed by atoms with E-state index in [1.165, 1.54) is 12.1 Å². The third-order valence-corrected chi connectivity index (χ3v) is 5.43. The van der Waals surface area contributed by atoms with Gasteiger partial charge in [-0.2, -0.15) is 9.78 Å². The number of halogens is 1. The lowest BCUT2D eigenvalue weighted by molar-refractivity contribution is -0.121. The summed E-state index contributed by atoms with van der Waals surface area (Å²) in [6.07, 6.45) is 0.732. The maximum atomic E-state index is 13.8. The van der Waals surface area contributed by atoms with E-state index in [1.54, 1.807) is 16.8 Å². The Morgan fingerprint density at radius 2 is 1.76 bits per heavy atom. The fraction of sp³-hybridized carbons (Fsp3) is 0.185. The highest BCUT2D eigenvalue weighted by molar-refractivity contribution is 5.76. The normalized spacial score (nSPS) is 10.8. The second kappa shape index (κ2) is 10.1. The number of carbonyl (C=O) groups is 1. The first-order valence-electron chi connectivity index (χ1n) is 10.9. The Hall–Kier alpha value is -3.93. The lowest BCUT2D eigenvalue weighted by Gasteiger charge is -2.13. The van der Waals surface area contributed by atoms with Crippen LogP contribution >= 0.6 is 0 Å². The van der Waals surface area contributed by atoms with Gasteiger partial charge in [0, 0.05) is 24.6 Å². The standard InChI is InChI=1S/C27H26FN3O2/c1-19-9-6-7-14-25(19)31-27(33-23-13-8-12-22(28)17-23)24(20(2)30-31)15-16-26(32)29-18-21-10-4-3-5-11-21/h3-14,17H,15-16,18H2,1-2H3,(H,29,32). The second-order valence-electron chi connectivity index (χ2n) is 7.89. The molecule has 0 atom stereocenters. The Bertz CT molecular complexity index is 1250. The number of aryl methyl sites for hydroxylation is 2. The molecule has 0 aliphatic rings. The van der Waals surface area contributed by atoms with Crippen molar-refractivity contribution in [1.29, 1.82) is 0 Å². The minimum Gasteiger partial charge on any atom is -0.439 e. The van der Waals surface area contributed by atoms with Crippen LogP contribution in [0.25, 0.3) is 5.69 Å². The molecule has 6 heteroatoms. The average molecular weight is 444 g/mol. The smallest absolute Gasteiger partial charge is 0.226 e. The molecule has 168 valence electrons. The Morgan fingerprint density at radius 3 is 2.52 bits per heavy atom. The van der Waals surface area contributed by atoms with Gasteiger partial charge in [-0.25, -0.2) is 4.39 Å². The maximum Gasteiger partial charge on any atom is 0.226 e. The Kier molecular flexibility index (Phi) is 6.83. The summed E-state index contributed by atoms with van der Waals surface area (Å²) in [7, 11) is 0. The van der Waals surface area contributed by atoms with E-state index in [-0.39, 0.29) is 18.1 Å². The van der Waals surface area contributed by atoms with E-state index < -0.39 is 0 Å². The zero-order valence-electron chi connectivity index (χ0n) is 18.7. The van der Waals surface area contributed by atoms with Gasteiger partial charge in [0.2, 0.25) is 11.8 Å². The molecule has 0 aliphatic carbocycles. The van der Waals surface area contributed by atoms with Gasteiger partial charge in [-0.15, -0.1) is 0 Å². The summed E-state index contributed by atoms with van der Waals surface area (Å²) in [6.45, 7) is 4.37. The lowest BCUT2D eigenvalue weighted by atomic mass is 10.1. The Labute approximate surface area is 192 Å². The Morgan fingerprint density at radius 1 is 1.00 bits per heavy atom. The number of para-hydroxylation sites is 1. The predicted molar refractivity (Wildman–Crippen MR) is 126 cm³/mol. The fourth-order valence-electron chi connectivity index (χ4n) is 3.66. The van der Waals surface area contributed by atoms with Crippen LogP contribution in [-0.2, 0) is 17.8 Å². The molecule has 4 aromatic rings. The molecule has 0 aliphatic heterocycles. The molecule has 0 spiro atoms. The molecule has 1 aromatic heterocycles. The van der Waals surface area contributed by atoms with E-state index in [2.05, 4.69) is 5.32 Å². The number of carbonyl (C=O) groups excluding carboxylic acids is 1. The third kappa shape index (κ3) is 5.47. The van der Waals surface area contributed by atoms with Gasteiger partial charge in [0.15, 0.2) is 0 Å². The van der Waals surface area contributed by atoms with E-state index in [4.69, 9.17) is 9.84 Å². The molecule has 0 bridgehead atoms. The minimum atomic E-state index is -0.381. The summed E-state index contributed by atoms with van der Waals surface area (Å²) in [5.41, 5.74) is 4.52. The molecule has 3 aromatic carbocycles. The highest BCUT2D eigenvalue weighted by atomic mass is 19.1. The van der Waals surface area contributed by atoms with Crippen molar-refractivity contribution in [2.24, 2.45) is 0 Å². The van der Waals surface area contributed by atoms with Crippen LogP contribution in [0, 0.1) is 19.7 Å². The van der Waals surface area contributed by atoms with Crippen molar-refractivity contribution in [2.45, 2.75) is 33.2 Å². The molecule has 33 heavy (non-hydrogen) atoms. The number of rotatable bonds is 8. The molecule has 1 amide bonds. The number of nitrogens with zero attached hydrogens (tertiary/aromatic N) is 2. The van der Waals surface area contributed by atoms with Gasteiger partial charge in [-0.1, -0.05) is 54.6 Å². The number of hydrogen-bond acceptors (Lipinski definition) is 3. The van der Waals surface area contributed by atoms with Gasteiger partial charge in [-0.3, -0.25) is 4.79 Å². The fourth-order valence-corrected chi connectivity index (χ4v) is 3.66. The number of ether oxygens (including phenoxy) is 1. The summed E-state index contributed by atoms with van der Waals surface area (Å²) in [4.78, 5) is 12.5. The molecule has 0 saturated carbocycles.